The van der Waals surface area contributed by atoms with E-state index in [0.29, 0.717) is 0 Å². The van der Waals surface area contributed by atoms with Crippen LogP contribution in [0.5, 0.6) is 0 Å². The average molecular weight is 220 g/mol. The van der Waals surface area contributed by atoms with Gasteiger partial charge in [0.2, 0.25) is 0 Å². The molecule has 3 N–H and O–H groups in total. The number of alkyl halides is 3. The number of carboxylic acids is 1. The van der Waals surface area contributed by atoms with Crippen molar-refractivity contribution in [2.24, 2.45) is 5.73 Å². The Labute approximate surface area is 82.5 Å². The zero-order valence-corrected chi connectivity index (χ0v) is 7.32. The molecule has 1 atom stereocenters. The van der Waals surface area contributed by atoms with E-state index < -0.39 is 29.6 Å². The van der Waals surface area contributed by atoms with Gasteiger partial charge < -0.3 is 10.8 Å². The number of halogens is 3. The first-order valence-electron chi connectivity index (χ1n) is 3.85. The summed E-state index contributed by atoms with van der Waals surface area (Å²) in [5.41, 5.74) is 3.88. The Morgan fingerprint density at radius 1 is 1.47 bits per heavy atom. The van der Waals surface area contributed by atoms with E-state index in [1.54, 1.807) is 0 Å². The third-order valence-corrected chi connectivity index (χ3v) is 1.66. The molecule has 1 aromatic heterocycles. The molecule has 0 fully saturated rings. The van der Waals surface area contributed by atoms with Gasteiger partial charge >= 0.3 is 12.1 Å². The molecular weight excluding hydrogens is 213 g/mol. The molecule has 82 valence electrons. The molecule has 0 aliphatic rings. The van der Waals surface area contributed by atoms with Gasteiger partial charge in [-0.1, -0.05) is 6.07 Å². The Morgan fingerprint density at radius 2 is 2.07 bits per heavy atom. The molecule has 4 nitrogen and oxygen atoms in total. The largest absolute Gasteiger partial charge is 0.477 e. The second-order valence-corrected chi connectivity index (χ2v) is 2.77. The number of hydrogen-bond acceptors (Lipinski definition) is 3. The third-order valence-electron chi connectivity index (χ3n) is 1.66. The van der Waals surface area contributed by atoms with E-state index in [9.17, 15) is 18.0 Å². The van der Waals surface area contributed by atoms with Crippen LogP contribution in [0.2, 0.25) is 0 Å². The molecule has 0 aliphatic carbocycles. The maximum atomic E-state index is 12.2. The van der Waals surface area contributed by atoms with E-state index in [4.69, 9.17) is 10.8 Å². The number of carbonyl (C=O) groups is 1. The lowest BCUT2D eigenvalue weighted by molar-refractivity contribution is -0.150. The summed E-state index contributed by atoms with van der Waals surface area (Å²) in [6, 6.07) is 1.02. The van der Waals surface area contributed by atoms with Crippen molar-refractivity contribution in [3.05, 3.63) is 29.6 Å². The van der Waals surface area contributed by atoms with E-state index in [0.717, 1.165) is 18.2 Å². The fourth-order valence-electron chi connectivity index (χ4n) is 0.911. The summed E-state index contributed by atoms with van der Waals surface area (Å²) < 4.78 is 36.5. The number of pyridine rings is 1. The molecule has 1 heterocycles. The van der Waals surface area contributed by atoms with Crippen LogP contribution in [0, 0.1) is 0 Å². The number of nitrogens with two attached hydrogens (primary N) is 1. The van der Waals surface area contributed by atoms with Gasteiger partial charge in [-0.3, -0.25) is 0 Å². The Kier molecular flexibility index (Phi) is 2.94. The van der Waals surface area contributed by atoms with Crippen LogP contribution in [0.4, 0.5) is 13.2 Å². The lowest BCUT2D eigenvalue weighted by atomic mass is 10.2. The Morgan fingerprint density at radius 3 is 2.53 bits per heavy atom. The molecule has 0 aromatic carbocycles. The van der Waals surface area contributed by atoms with Gasteiger partial charge in [-0.2, -0.15) is 13.2 Å². The molecule has 0 saturated carbocycles. The van der Waals surface area contributed by atoms with E-state index in [1.807, 2.05) is 0 Å². The van der Waals surface area contributed by atoms with Crippen LogP contribution in [-0.2, 0) is 0 Å². The number of aromatic carboxylic acids is 1. The first kappa shape index (κ1) is 11.4. The molecule has 0 spiro atoms. The SMILES string of the molecule is NC(c1cccc(C(=O)O)n1)C(F)(F)F. The molecule has 1 aromatic rings. The van der Waals surface area contributed by atoms with Crippen molar-refractivity contribution < 1.29 is 23.1 Å². The summed E-state index contributed by atoms with van der Waals surface area (Å²) in [6.45, 7) is 0. The van der Waals surface area contributed by atoms with Crippen molar-refractivity contribution >= 4 is 5.97 Å². The summed E-state index contributed by atoms with van der Waals surface area (Å²) in [5, 5.41) is 8.51. The van der Waals surface area contributed by atoms with Crippen LogP contribution in [0.3, 0.4) is 0 Å². The van der Waals surface area contributed by atoms with Gasteiger partial charge in [0.25, 0.3) is 0 Å². The molecule has 0 radical (unpaired) electrons. The fourth-order valence-corrected chi connectivity index (χ4v) is 0.911. The van der Waals surface area contributed by atoms with Crippen molar-refractivity contribution in [3.8, 4) is 0 Å². The van der Waals surface area contributed by atoms with Crippen molar-refractivity contribution in [2.75, 3.05) is 0 Å². The van der Waals surface area contributed by atoms with Crippen LogP contribution in [0.15, 0.2) is 18.2 Å². The summed E-state index contributed by atoms with van der Waals surface area (Å²) in [6.07, 6.45) is -4.63. The van der Waals surface area contributed by atoms with E-state index in [-0.39, 0.29) is 0 Å². The topological polar surface area (TPSA) is 76.2 Å². The minimum absolute atomic E-state index is 0.466. The van der Waals surface area contributed by atoms with Crippen LogP contribution in [0.1, 0.15) is 22.2 Å². The summed E-state index contributed by atoms with van der Waals surface area (Å²) in [4.78, 5) is 13.7. The smallest absolute Gasteiger partial charge is 0.409 e. The molecule has 7 heteroatoms. The zero-order chi connectivity index (χ0) is 11.6. The Hall–Kier alpha value is -1.63. The quantitative estimate of drug-likeness (QED) is 0.788. The number of aromatic nitrogens is 1. The molecule has 0 bridgehead atoms. The molecule has 1 rings (SSSR count). The Balaban J connectivity index is 3.06. The molecule has 0 saturated heterocycles. The van der Waals surface area contributed by atoms with Crippen LogP contribution < -0.4 is 5.73 Å². The average Bonchev–Trinajstić information content (AvgIpc) is 2.15. The van der Waals surface area contributed by atoms with E-state index in [1.165, 1.54) is 0 Å². The molecule has 1 unspecified atom stereocenters. The van der Waals surface area contributed by atoms with Gasteiger partial charge in [0, 0.05) is 0 Å². The first-order chi connectivity index (χ1) is 6.82. The maximum Gasteiger partial charge on any atom is 0.409 e. The monoisotopic (exact) mass is 220 g/mol. The van der Waals surface area contributed by atoms with E-state index >= 15 is 0 Å². The molecular formula is C8H7F3N2O2. The third kappa shape index (κ3) is 2.66. The van der Waals surface area contributed by atoms with Crippen LogP contribution in [0.25, 0.3) is 0 Å². The molecule has 0 amide bonds. The normalized spacial score (nSPS) is 13.6. The van der Waals surface area contributed by atoms with Gasteiger partial charge in [-0.05, 0) is 12.1 Å². The fraction of sp³-hybridized carbons (Fsp3) is 0.250. The summed E-state index contributed by atoms with van der Waals surface area (Å²) >= 11 is 0. The van der Waals surface area contributed by atoms with Gasteiger partial charge in [-0.15, -0.1) is 0 Å². The summed E-state index contributed by atoms with van der Waals surface area (Å²) in [7, 11) is 0. The second kappa shape index (κ2) is 3.85. The summed E-state index contributed by atoms with van der Waals surface area (Å²) in [5.74, 6) is -1.40. The lowest BCUT2D eigenvalue weighted by Gasteiger charge is -2.14. The van der Waals surface area contributed by atoms with Crippen molar-refractivity contribution in [1.82, 2.24) is 4.98 Å². The standard InChI is InChI=1S/C8H7F3N2O2/c9-8(10,11)6(12)4-2-1-3-5(13-4)7(14)15/h1-3,6H,12H2,(H,14,15). The predicted molar refractivity (Wildman–Crippen MR) is 44.2 cm³/mol. The molecule has 0 aliphatic heterocycles. The highest BCUT2D eigenvalue weighted by Crippen LogP contribution is 2.29. The molecule has 15 heavy (non-hydrogen) atoms. The van der Waals surface area contributed by atoms with Gasteiger partial charge in [0.1, 0.15) is 11.7 Å². The highest BCUT2D eigenvalue weighted by atomic mass is 19.4. The van der Waals surface area contributed by atoms with Gasteiger partial charge in [0.05, 0.1) is 5.69 Å². The number of nitrogens with zero attached hydrogens (tertiary/aromatic N) is 1. The lowest BCUT2D eigenvalue weighted by Crippen LogP contribution is -2.29. The van der Waals surface area contributed by atoms with E-state index in [2.05, 4.69) is 4.98 Å². The van der Waals surface area contributed by atoms with Crippen LogP contribution in [-0.4, -0.2) is 22.2 Å². The predicted octanol–water partition coefficient (Wildman–Crippen LogP) is 1.34. The zero-order valence-electron chi connectivity index (χ0n) is 7.32. The minimum Gasteiger partial charge on any atom is -0.477 e. The number of carboxylic acid groups (broad SMARTS) is 1. The van der Waals surface area contributed by atoms with Gasteiger partial charge in [-0.25, -0.2) is 9.78 Å². The van der Waals surface area contributed by atoms with Crippen molar-refractivity contribution in [3.63, 3.8) is 0 Å². The number of rotatable bonds is 2. The highest BCUT2D eigenvalue weighted by molar-refractivity contribution is 5.85. The Bertz CT molecular complexity index is 378. The second-order valence-electron chi connectivity index (χ2n) is 2.77. The van der Waals surface area contributed by atoms with Crippen molar-refractivity contribution in [1.29, 1.82) is 0 Å². The van der Waals surface area contributed by atoms with Crippen LogP contribution >= 0.6 is 0 Å². The maximum absolute atomic E-state index is 12.2. The highest BCUT2D eigenvalue weighted by Gasteiger charge is 2.38. The number of hydrogen-bond donors (Lipinski definition) is 2. The van der Waals surface area contributed by atoms with Crippen molar-refractivity contribution in [2.45, 2.75) is 12.2 Å². The first-order valence-corrected chi connectivity index (χ1v) is 3.85. The van der Waals surface area contributed by atoms with Gasteiger partial charge in [0.15, 0.2) is 0 Å². The minimum atomic E-state index is -4.63.